The Labute approximate surface area is 117 Å². The quantitative estimate of drug-likeness (QED) is 0.865. The SMILES string of the molecule is O=c1c(Br)c(Cc2ccccc2)ncn1CC(F)F. The van der Waals surface area contributed by atoms with Gasteiger partial charge in [-0.2, -0.15) is 0 Å². The normalized spacial score (nSPS) is 10.9. The van der Waals surface area contributed by atoms with Gasteiger partial charge in [0.15, 0.2) is 0 Å². The van der Waals surface area contributed by atoms with Gasteiger partial charge in [-0.1, -0.05) is 30.3 Å². The molecule has 100 valence electrons. The zero-order valence-corrected chi connectivity index (χ0v) is 11.5. The number of hydrogen-bond donors (Lipinski definition) is 0. The molecule has 0 aliphatic rings. The third-order valence-corrected chi connectivity index (χ3v) is 3.40. The summed E-state index contributed by atoms with van der Waals surface area (Å²) in [6.07, 6.45) is -0.935. The molecule has 1 aromatic carbocycles. The summed E-state index contributed by atoms with van der Waals surface area (Å²) in [4.78, 5) is 15.9. The smallest absolute Gasteiger partial charge is 0.268 e. The van der Waals surface area contributed by atoms with Crippen LogP contribution in [0.25, 0.3) is 0 Å². The van der Waals surface area contributed by atoms with E-state index in [1.54, 1.807) is 0 Å². The minimum atomic E-state index is -2.58. The van der Waals surface area contributed by atoms with E-state index in [2.05, 4.69) is 20.9 Å². The number of rotatable bonds is 4. The number of aromatic nitrogens is 2. The van der Waals surface area contributed by atoms with Crippen LogP contribution in [0.2, 0.25) is 0 Å². The van der Waals surface area contributed by atoms with Crippen molar-refractivity contribution in [3.8, 4) is 0 Å². The second-order valence-electron chi connectivity index (χ2n) is 4.02. The molecule has 0 radical (unpaired) electrons. The number of benzene rings is 1. The summed E-state index contributed by atoms with van der Waals surface area (Å²) in [5.41, 5.74) is 1.06. The van der Waals surface area contributed by atoms with Crippen LogP contribution in [0.4, 0.5) is 8.78 Å². The zero-order chi connectivity index (χ0) is 13.8. The molecule has 0 saturated carbocycles. The van der Waals surface area contributed by atoms with Crippen molar-refractivity contribution in [2.45, 2.75) is 19.4 Å². The number of nitrogens with zero attached hydrogens (tertiary/aromatic N) is 2. The molecule has 0 aliphatic carbocycles. The van der Waals surface area contributed by atoms with Crippen molar-refractivity contribution in [2.24, 2.45) is 0 Å². The van der Waals surface area contributed by atoms with Gasteiger partial charge < -0.3 is 0 Å². The standard InChI is InChI=1S/C13H11BrF2N2O/c14-12-10(6-9-4-2-1-3-5-9)17-8-18(13(12)19)7-11(15)16/h1-5,8,11H,6-7H2. The van der Waals surface area contributed by atoms with Crippen molar-refractivity contribution in [1.82, 2.24) is 9.55 Å². The largest absolute Gasteiger partial charge is 0.293 e. The predicted octanol–water partition coefficient (Wildman–Crippen LogP) is 2.86. The molecule has 0 amide bonds. The Kier molecular flexibility index (Phi) is 4.42. The average Bonchev–Trinajstić information content (AvgIpc) is 2.39. The van der Waals surface area contributed by atoms with E-state index in [1.165, 1.54) is 0 Å². The molecule has 0 spiro atoms. The summed E-state index contributed by atoms with van der Waals surface area (Å²) in [7, 11) is 0. The maximum Gasteiger partial charge on any atom is 0.268 e. The van der Waals surface area contributed by atoms with Crippen LogP contribution in [0.3, 0.4) is 0 Å². The number of halogens is 3. The van der Waals surface area contributed by atoms with Gasteiger partial charge in [-0.3, -0.25) is 9.36 Å². The van der Waals surface area contributed by atoms with Gasteiger partial charge in [0.2, 0.25) is 0 Å². The molecule has 0 atom stereocenters. The summed E-state index contributed by atoms with van der Waals surface area (Å²) in [6.45, 7) is -0.643. The molecule has 0 fully saturated rings. The highest BCUT2D eigenvalue weighted by Gasteiger charge is 2.12. The van der Waals surface area contributed by atoms with Crippen LogP contribution >= 0.6 is 15.9 Å². The van der Waals surface area contributed by atoms with Crippen LogP contribution in [0.1, 0.15) is 11.3 Å². The van der Waals surface area contributed by atoms with Crippen LogP contribution in [0.15, 0.2) is 45.9 Å². The van der Waals surface area contributed by atoms with Gasteiger partial charge in [-0.05, 0) is 21.5 Å². The van der Waals surface area contributed by atoms with Gasteiger partial charge in [-0.25, -0.2) is 13.8 Å². The van der Waals surface area contributed by atoms with E-state index >= 15 is 0 Å². The number of alkyl halides is 2. The van der Waals surface area contributed by atoms with Crippen LogP contribution in [0.5, 0.6) is 0 Å². The molecule has 0 bridgehead atoms. The highest BCUT2D eigenvalue weighted by Crippen LogP contribution is 2.14. The van der Waals surface area contributed by atoms with Crippen molar-refractivity contribution >= 4 is 15.9 Å². The van der Waals surface area contributed by atoms with Gasteiger partial charge in [0.25, 0.3) is 12.0 Å². The summed E-state index contributed by atoms with van der Waals surface area (Å²) in [6, 6.07) is 9.51. The van der Waals surface area contributed by atoms with Gasteiger partial charge >= 0.3 is 0 Å². The van der Waals surface area contributed by atoms with E-state index in [9.17, 15) is 13.6 Å². The maximum absolute atomic E-state index is 12.3. The maximum atomic E-state index is 12.3. The first-order valence-electron chi connectivity index (χ1n) is 5.64. The molecule has 0 N–H and O–H groups in total. The van der Waals surface area contributed by atoms with Crippen molar-refractivity contribution in [2.75, 3.05) is 0 Å². The van der Waals surface area contributed by atoms with Gasteiger partial charge in [0.05, 0.1) is 18.6 Å². The van der Waals surface area contributed by atoms with Crippen molar-refractivity contribution in [3.05, 3.63) is 62.7 Å². The van der Waals surface area contributed by atoms with Crippen LogP contribution in [0, 0.1) is 0 Å². The molecule has 6 heteroatoms. The minimum Gasteiger partial charge on any atom is -0.293 e. The molecule has 0 unspecified atom stereocenters. The van der Waals surface area contributed by atoms with E-state index < -0.39 is 18.5 Å². The first kappa shape index (κ1) is 13.9. The first-order valence-corrected chi connectivity index (χ1v) is 6.43. The van der Waals surface area contributed by atoms with E-state index in [0.717, 1.165) is 16.5 Å². The monoisotopic (exact) mass is 328 g/mol. The molecule has 0 aliphatic heterocycles. The average molecular weight is 329 g/mol. The molecular formula is C13H11BrF2N2O. The van der Waals surface area contributed by atoms with E-state index in [1.807, 2.05) is 30.3 Å². The third kappa shape index (κ3) is 3.47. The lowest BCUT2D eigenvalue weighted by molar-refractivity contribution is 0.124. The van der Waals surface area contributed by atoms with E-state index in [4.69, 9.17) is 0 Å². The first-order chi connectivity index (χ1) is 9.08. The van der Waals surface area contributed by atoms with Gasteiger partial charge in [-0.15, -0.1) is 0 Å². The molecule has 0 saturated heterocycles. The fraction of sp³-hybridized carbons (Fsp3) is 0.231. The van der Waals surface area contributed by atoms with E-state index in [-0.39, 0.29) is 4.47 Å². The Bertz CT molecular complexity index is 614. The van der Waals surface area contributed by atoms with Crippen molar-refractivity contribution in [1.29, 1.82) is 0 Å². The lowest BCUT2D eigenvalue weighted by Gasteiger charge is -2.08. The molecule has 2 rings (SSSR count). The fourth-order valence-electron chi connectivity index (χ4n) is 1.69. The Balaban J connectivity index is 2.29. The molecule has 3 nitrogen and oxygen atoms in total. The highest BCUT2D eigenvalue weighted by atomic mass is 79.9. The van der Waals surface area contributed by atoms with Gasteiger partial charge in [0.1, 0.15) is 4.47 Å². The zero-order valence-electron chi connectivity index (χ0n) is 9.89. The summed E-state index contributed by atoms with van der Waals surface area (Å²) in [5, 5.41) is 0. The van der Waals surface area contributed by atoms with E-state index in [0.29, 0.717) is 12.1 Å². The predicted molar refractivity (Wildman–Crippen MR) is 71.4 cm³/mol. The van der Waals surface area contributed by atoms with Crippen LogP contribution in [-0.2, 0) is 13.0 Å². The number of hydrogen-bond acceptors (Lipinski definition) is 2. The Morgan fingerprint density at radius 3 is 2.58 bits per heavy atom. The second kappa shape index (κ2) is 6.06. The topological polar surface area (TPSA) is 34.9 Å². The van der Waals surface area contributed by atoms with Crippen LogP contribution < -0.4 is 5.56 Å². The molecule has 1 heterocycles. The Morgan fingerprint density at radius 2 is 1.95 bits per heavy atom. The Hall–Kier alpha value is -1.56. The summed E-state index contributed by atoms with van der Waals surface area (Å²) in [5.74, 6) is 0. The Morgan fingerprint density at radius 1 is 1.26 bits per heavy atom. The second-order valence-corrected chi connectivity index (χ2v) is 4.81. The lowest BCUT2D eigenvalue weighted by atomic mass is 10.1. The lowest BCUT2D eigenvalue weighted by Crippen LogP contribution is -2.25. The molecule has 2 aromatic rings. The minimum absolute atomic E-state index is 0.236. The molecule has 19 heavy (non-hydrogen) atoms. The third-order valence-electron chi connectivity index (χ3n) is 2.60. The highest BCUT2D eigenvalue weighted by molar-refractivity contribution is 9.10. The molecular weight excluding hydrogens is 318 g/mol. The summed E-state index contributed by atoms with van der Waals surface area (Å²) < 4.78 is 25.7. The van der Waals surface area contributed by atoms with Crippen molar-refractivity contribution < 1.29 is 8.78 Å². The van der Waals surface area contributed by atoms with Crippen LogP contribution in [-0.4, -0.2) is 16.0 Å². The summed E-state index contributed by atoms with van der Waals surface area (Å²) >= 11 is 3.14. The van der Waals surface area contributed by atoms with Gasteiger partial charge in [0, 0.05) is 6.42 Å². The molecule has 1 aromatic heterocycles. The fourth-order valence-corrected chi connectivity index (χ4v) is 2.16. The van der Waals surface area contributed by atoms with Crippen molar-refractivity contribution in [3.63, 3.8) is 0 Å².